The summed E-state index contributed by atoms with van der Waals surface area (Å²) in [6, 6.07) is 0.731. The van der Waals surface area contributed by atoms with Crippen molar-refractivity contribution in [3.63, 3.8) is 0 Å². The number of likely N-dealkylation sites (tertiary alicyclic amines) is 1. The third-order valence-corrected chi connectivity index (χ3v) is 2.81. The zero-order valence-corrected chi connectivity index (χ0v) is 7.63. The van der Waals surface area contributed by atoms with Gasteiger partial charge in [0.1, 0.15) is 0 Å². The second-order valence-electron chi connectivity index (χ2n) is 4.59. The Balaban J connectivity index is 2.00. The highest BCUT2D eigenvalue weighted by molar-refractivity contribution is 5.01. The molecule has 2 aliphatic rings. The lowest BCUT2D eigenvalue weighted by atomic mass is 9.91. The first-order chi connectivity index (χ1) is 5.09. The average molecular weight is 155 g/mol. The van der Waals surface area contributed by atoms with E-state index in [1.165, 1.54) is 6.42 Å². The quantitative estimate of drug-likeness (QED) is 0.522. The number of hydrogen-bond acceptors (Lipinski definition) is 2. The third-order valence-electron chi connectivity index (χ3n) is 2.81. The minimum absolute atomic E-state index is 0.342. The van der Waals surface area contributed by atoms with E-state index in [0.29, 0.717) is 11.6 Å². The minimum Gasteiger partial charge on any atom is -0.375 e. The summed E-state index contributed by atoms with van der Waals surface area (Å²) in [4.78, 5) is 2.55. The van der Waals surface area contributed by atoms with Crippen molar-refractivity contribution in [2.75, 3.05) is 13.2 Å². The van der Waals surface area contributed by atoms with Crippen LogP contribution in [0.4, 0.5) is 0 Å². The summed E-state index contributed by atoms with van der Waals surface area (Å²) in [7, 11) is 0. The van der Waals surface area contributed by atoms with E-state index < -0.39 is 0 Å². The van der Waals surface area contributed by atoms with E-state index >= 15 is 0 Å². The molecule has 0 saturated carbocycles. The van der Waals surface area contributed by atoms with Gasteiger partial charge in [-0.05, 0) is 27.2 Å². The largest absolute Gasteiger partial charge is 0.375 e. The van der Waals surface area contributed by atoms with E-state index in [-0.39, 0.29) is 0 Å². The molecule has 0 spiro atoms. The van der Waals surface area contributed by atoms with E-state index in [2.05, 4.69) is 25.7 Å². The van der Waals surface area contributed by atoms with Gasteiger partial charge in [0.2, 0.25) is 0 Å². The first-order valence-corrected chi connectivity index (χ1v) is 4.47. The van der Waals surface area contributed by atoms with Crippen LogP contribution in [-0.2, 0) is 4.74 Å². The fourth-order valence-corrected chi connectivity index (χ4v) is 2.13. The molecular weight excluding hydrogens is 138 g/mol. The zero-order chi connectivity index (χ0) is 8.06. The molecular formula is C9H17NO. The second-order valence-corrected chi connectivity index (χ2v) is 4.59. The van der Waals surface area contributed by atoms with Crippen molar-refractivity contribution >= 4 is 0 Å². The number of fused-ring (bicyclic) bond motifs is 1. The molecule has 0 amide bonds. The fraction of sp³-hybridized carbons (Fsp3) is 1.00. The van der Waals surface area contributed by atoms with Crippen molar-refractivity contribution in [2.45, 2.75) is 44.9 Å². The molecule has 2 aliphatic heterocycles. The summed E-state index contributed by atoms with van der Waals surface area (Å²) in [6.45, 7) is 8.96. The molecule has 2 atom stereocenters. The Morgan fingerprint density at radius 1 is 1.36 bits per heavy atom. The van der Waals surface area contributed by atoms with Gasteiger partial charge in [0.25, 0.3) is 0 Å². The SMILES string of the molecule is CC(C)(C)N1CC2OCCC21. The predicted octanol–water partition coefficient (Wildman–Crippen LogP) is 1.26. The molecule has 0 aromatic rings. The van der Waals surface area contributed by atoms with Crippen LogP contribution in [0, 0.1) is 0 Å². The lowest BCUT2D eigenvalue weighted by molar-refractivity contribution is -0.0844. The Morgan fingerprint density at radius 2 is 2.09 bits per heavy atom. The zero-order valence-electron chi connectivity index (χ0n) is 7.63. The molecule has 0 aromatic carbocycles. The molecule has 0 bridgehead atoms. The van der Waals surface area contributed by atoms with Crippen molar-refractivity contribution in [3.8, 4) is 0 Å². The maximum absolute atomic E-state index is 5.54. The lowest BCUT2D eigenvalue weighted by Crippen LogP contribution is -2.64. The summed E-state index contributed by atoms with van der Waals surface area (Å²) in [6.07, 6.45) is 1.80. The van der Waals surface area contributed by atoms with Gasteiger partial charge in [-0.2, -0.15) is 0 Å². The van der Waals surface area contributed by atoms with E-state index in [1.807, 2.05) is 0 Å². The molecule has 2 saturated heterocycles. The average Bonchev–Trinajstić information content (AvgIpc) is 2.08. The normalized spacial score (nSPS) is 38.5. The van der Waals surface area contributed by atoms with Gasteiger partial charge in [-0.3, -0.25) is 4.90 Å². The van der Waals surface area contributed by atoms with E-state index in [1.54, 1.807) is 0 Å². The minimum atomic E-state index is 0.342. The van der Waals surface area contributed by atoms with Crippen LogP contribution in [0.2, 0.25) is 0 Å². The Kier molecular flexibility index (Phi) is 1.52. The van der Waals surface area contributed by atoms with Gasteiger partial charge in [-0.1, -0.05) is 0 Å². The van der Waals surface area contributed by atoms with Gasteiger partial charge in [-0.25, -0.2) is 0 Å². The van der Waals surface area contributed by atoms with Crippen molar-refractivity contribution in [2.24, 2.45) is 0 Å². The second kappa shape index (κ2) is 2.20. The fourth-order valence-electron chi connectivity index (χ4n) is 2.13. The van der Waals surface area contributed by atoms with Crippen LogP contribution in [0.5, 0.6) is 0 Å². The molecule has 2 nitrogen and oxygen atoms in total. The molecule has 11 heavy (non-hydrogen) atoms. The van der Waals surface area contributed by atoms with Crippen LogP contribution in [0.3, 0.4) is 0 Å². The van der Waals surface area contributed by atoms with Crippen molar-refractivity contribution < 1.29 is 4.74 Å². The smallest absolute Gasteiger partial charge is 0.0858 e. The van der Waals surface area contributed by atoms with Crippen LogP contribution in [-0.4, -0.2) is 35.7 Å². The lowest BCUT2D eigenvalue weighted by Gasteiger charge is -2.51. The molecule has 0 radical (unpaired) electrons. The summed E-state index contributed by atoms with van der Waals surface area (Å²) < 4.78 is 5.54. The molecule has 0 aromatic heterocycles. The predicted molar refractivity (Wildman–Crippen MR) is 44.6 cm³/mol. The van der Waals surface area contributed by atoms with Crippen LogP contribution < -0.4 is 0 Å². The Labute approximate surface area is 68.5 Å². The molecule has 2 fully saturated rings. The molecule has 2 heteroatoms. The number of hydrogen-bond donors (Lipinski definition) is 0. The highest BCUT2D eigenvalue weighted by atomic mass is 16.5. The van der Waals surface area contributed by atoms with Gasteiger partial charge in [-0.15, -0.1) is 0 Å². The van der Waals surface area contributed by atoms with Crippen LogP contribution >= 0.6 is 0 Å². The molecule has 0 aliphatic carbocycles. The Morgan fingerprint density at radius 3 is 2.64 bits per heavy atom. The van der Waals surface area contributed by atoms with Gasteiger partial charge >= 0.3 is 0 Å². The van der Waals surface area contributed by atoms with Gasteiger partial charge in [0.15, 0.2) is 0 Å². The van der Waals surface area contributed by atoms with Crippen LogP contribution in [0.25, 0.3) is 0 Å². The molecule has 2 rings (SSSR count). The number of ether oxygens (including phenoxy) is 1. The molecule has 2 heterocycles. The highest BCUT2D eigenvalue weighted by Gasteiger charge is 2.47. The van der Waals surface area contributed by atoms with E-state index in [4.69, 9.17) is 4.74 Å². The first-order valence-electron chi connectivity index (χ1n) is 4.47. The summed E-state index contributed by atoms with van der Waals surface area (Å²) in [5, 5.41) is 0. The molecule has 0 N–H and O–H groups in total. The summed E-state index contributed by atoms with van der Waals surface area (Å²) >= 11 is 0. The van der Waals surface area contributed by atoms with Crippen molar-refractivity contribution in [1.82, 2.24) is 4.90 Å². The Bertz CT molecular complexity index is 161. The first kappa shape index (κ1) is 7.56. The van der Waals surface area contributed by atoms with E-state index in [9.17, 15) is 0 Å². The highest BCUT2D eigenvalue weighted by Crippen LogP contribution is 2.35. The van der Waals surface area contributed by atoms with Gasteiger partial charge in [0.05, 0.1) is 6.10 Å². The standard InChI is InChI=1S/C9H17NO/c1-9(2,3)10-6-8-7(10)4-5-11-8/h7-8H,4-6H2,1-3H3. The van der Waals surface area contributed by atoms with E-state index in [0.717, 1.165) is 19.2 Å². The van der Waals surface area contributed by atoms with Gasteiger partial charge in [0, 0.05) is 24.7 Å². The maximum atomic E-state index is 5.54. The number of rotatable bonds is 0. The van der Waals surface area contributed by atoms with Crippen LogP contribution in [0.15, 0.2) is 0 Å². The Hall–Kier alpha value is -0.0800. The maximum Gasteiger partial charge on any atom is 0.0858 e. The topological polar surface area (TPSA) is 12.5 Å². The molecule has 2 unspecified atom stereocenters. The summed E-state index contributed by atoms with van der Waals surface area (Å²) in [5.41, 5.74) is 0.342. The number of nitrogens with zero attached hydrogens (tertiary/aromatic N) is 1. The van der Waals surface area contributed by atoms with Crippen LogP contribution in [0.1, 0.15) is 27.2 Å². The monoisotopic (exact) mass is 155 g/mol. The third kappa shape index (κ3) is 1.09. The van der Waals surface area contributed by atoms with Crippen molar-refractivity contribution in [1.29, 1.82) is 0 Å². The van der Waals surface area contributed by atoms with Gasteiger partial charge < -0.3 is 4.74 Å². The molecule has 64 valence electrons. The van der Waals surface area contributed by atoms with Crippen molar-refractivity contribution in [3.05, 3.63) is 0 Å². The summed E-state index contributed by atoms with van der Waals surface area (Å²) in [5.74, 6) is 0.